The number of ether oxygens (including phenoxy) is 1. The van der Waals surface area contributed by atoms with Crippen molar-refractivity contribution in [2.45, 2.75) is 6.10 Å². The maximum Gasteiger partial charge on any atom is 0.252 e. The molecule has 0 radical (unpaired) electrons. The summed E-state index contributed by atoms with van der Waals surface area (Å²) in [7, 11) is 1.80. The minimum absolute atomic E-state index is 0.00879. The summed E-state index contributed by atoms with van der Waals surface area (Å²) in [5.41, 5.74) is 7.63. The molecule has 1 saturated heterocycles. The first-order valence-electron chi connectivity index (χ1n) is 6.86. The van der Waals surface area contributed by atoms with Crippen molar-refractivity contribution in [2.75, 3.05) is 31.1 Å². The number of nitrogens with zero attached hydrogens (tertiary/aromatic N) is 2. The van der Waals surface area contributed by atoms with Crippen LogP contribution in [0.25, 0.3) is 10.9 Å². The Hall–Kier alpha value is -1.85. The minimum Gasteiger partial charge on any atom is -0.373 e. The second kappa shape index (κ2) is 5.26. The van der Waals surface area contributed by atoms with Gasteiger partial charge in [-0.1, -0.05) is 18.2 Å². The number of morpholine rings is 1. The summed E-state index contributed by atoms with van der Waals surface area (Å²) in [6, 6.07) is 9.68. The van der Waals surface area contributed by atoms with E-state index in [1.807, 2.05) is 18.2 Å². The van der Waals surface area contributed by atoms with Gasteiger partial charge in [0.25, 0.3) is 5.56 Å². The Morgan fingerprint density at radius 1 is 1.40 bits per heavy atom. The normalized spacial score (nSPS) is 19.5. The van der Waals surface area contributed by atoms with Crippen LogP contribution in [0.3, 0.4) is 0 Å². The third-order valence-electron chi connectivity index (χ3n) is 3.87. The van der Waals surface area contributed by atoms with E-state index in [4.69, 9.17) is 10.5 Å². The molecule has 0 bridgehead atoms. The lowest BCUT2D eigenvalue weighted by Gasteiger charge is -2.34. The Morgan fingerprint density at radius 2 is 2.20 bits per heavy atom. The Kier molecular flexibility index (Phi) is 3.46. The third kappa shape index (κ3) is 2.19. The van der Waals surface area contributed by atoms with E-state index in [0.29, 0.717) is 13.2 Å². The largest absolute Gasteiger partial charge is 0.373 e. The van der Waals surface area contributed by atoms with Crippen LogP contribution in [0.5, 0.6) is 0 Å². The van der Waals surface area contributed by atoms with Crippen LogP contribution >= 0.6 is 0 Å². The maximum atomic E-state index is 12.1. The standard InChI is InChI=1S/C15H19N3O2/c1-17-13-5-3-2-4-12(13)14(8-15(17)19)18-6-7-20-11(9-16)10-18/h2-5,8,11H,6-7,9-10,16H2,1H3. The van der Waals surface area contributed by atoms with Gasteiger partial charge in [0.05, 0.1) is 23.9 Å². The molecule has 20 heavy (non-hydrogen) atoms. The summed E-state index contributed by atoms with van der Waals surface area (Å²) in [5.74, 6) is 0. The fourth-order valence-corrected chi connectivity index (χ4v) is 2.74. The number of hydrogen-bond acceptors (Lipinski definition) is 4. The zero-order valence-corrected chi connectivity index (χ0v) is 11.6. The highest BCUT2D eigenvalue weighted by Crippen LogP contribution is 2.26. The number of aromatic nitrogens is 1. The van der Waals surface area contributed by atoms with Crippen molar-refractivity contribution >= 4 is 16.6 Å². The number of benzene rings is 1. The number of para-hydroxylation sites is 1. The lowest BCUT2D eigenvalue weighted by Crippen LogP contribution is -2.46. The Balaban J connectivity index is 2.11. The first-order valence-corrected chi connectivity index (χ1v) is 6.86. The van der Waals surface area contributed by atoms with E-state index >= 15 is 0 Å². The van der Waals surface area contributed by atoms with E-state index in [2.05, 4.69) is 11.0 Å². The van der Waals surface area contributed by atoms with Crippen LogP contribution < -0.4 is 16.2 Å². The molecule has 5 heteroatoms. The summed E-state index contributed by atoms with van der Waals surface area (Å²) in [6.07, 6.45) is 0.0339. The molecular formula is C15H19N3O2. The number of hydrogen-bond donors (Lipinski definition) is 1. The topological polar surface area (TPSA) is 60.5 Å². The predicted octanol–water partition coefficient (Wildman–Crippen LogP) is 0.702. The molecular weight excluding hydrogens is 254 g/mol. The molecule has 2 heterocycles. The van der Waals surface area contributed by atoms with Crippen LogP contribution in [-0.2, 0) is 11.8 Å². The molecule has 1 atom stereocenters. The Bertz CT molecular complexity index is 680. The summed E-state index contributed by atoms with van der Waals surface area (Å²) >= 11 is 0. The van der Waals surface area contributed by atoms with Gasteiger partial charge in [0.2, 0.25) is 0 Å². The zero-order chi connectivity index (χ0) is 14.1. The average molecular weight is 273 g/mol. The quantitative estimate of drug-likeness (QED) is 0.875. The van der Waals surface area contributed by atoms with Gasteiger partial charge in [-0.2, -0.15) is 0 Å². The molecule has 1 aliphatic rings. The molecule has 1 aromatic carbocycles. The summed E-state index contributed by atoms with van der Waals surface area (Å²) in [6.45, 7) is 2.66. The molecule has 106 valence electrons. The molecule has 3 rings (SSSR count). The summed E-state index contributed by atoms with van der Waals surface area (Å²) < 4.78 is 7.28. The predicted molar refractivity (Wildman–Crippen MR) is 80.2 cm³/mol. The molecule has 0 saturated carbocycles. The second-order valence-corrected chi connectivity index (χ2v) is 5.12. The number of pyridine rings is 1. The number of fused-ring (bicyclic) bond motifs is 1. The van der Waals surface area contributed by atoms with Crippen LogP contribution in [0, 0.1) is 0 Å². The van der Waals surface area contributed by atoms with E-state index in [0.717, 1.165) is 29.7 Å². The van der Waals surface area contributed by atoms with Gasteiger partial charge in [0.1, 0.15) is 0 Å². The van der Waals surface area contributed by atoms with Gasteiger partial charge in [-0.25, -0.2) is 0 Å². The number of aryl methyl sites for hydroxylation is 1. The monoisotopic (exact) mass is 273 g/mol. The van der Waals surface area contributed by atoms with Crippen molar-refractivity contribution in [1.29, 1.82) is 0 Å². The highest BCUT2D eigenvalue weighted by atomic mass is 16.5. The molecule has 1 aromatic heterocycles. The molecule has 0 spiro atoms. The minimum atomic E-state index is 0.00879. The van der Waals surface area contributed by atoms with Crippen LogP contribution in [0.1, 0.15) is 0 Å². The van der Waals surface area contributed by atoms with E-state index < -0.39 is 0 Å². The number of anilines is 1. The summed E-state index contributed by atoms with van der Waals surface area (Å²) in [4.78, 5) is 14.3. The van der Waals surface area contributed by atoms with Gasteiger partial charge in [-0.3, -0.25) is 4.79 Å². The number of rotatable bonds is 2. The Morgan fingerprint density at radius 3 is 3.00 bits per heavy atom. The Labute approximate surface area is 117 Å². The molecule has 5 nitrogen and oxygen atoms in total. The molecule has 0 amide bonds. The van der Waals surface area contributed by atoms with Crippen molar-refractivity contribution < 1.29 is 4.74 Å². The molecule has 2 aromatic rings. The fraction of sp³-hybridized carbons (Fsp3) is 0.400. The lowest BCUT2D eigenvalue weighted by atomic mass is 10.1. The molecule has 0 aliphatic carbocycles. The van der Waals surface area contributed by atoms with E-state index in [1.165, 1.54) is 0 Å². The first kappa shape index (κ1) is 13.1. The second-order valence-electron chi connectivity index (χ2n) is 5.12. The zero-order valence-electron chi connectivity index (χ0n) is 11.6. The highest BCUT2D eigenvalue weighted by Gasteiger charge is 2.21. The van der Waals surface area contributed by atoms with Crippen molar-refractivity contribution in [3.8, 4) is 0 Å². The lowest BCUT2D eigenvalue weighted by molar-refractivity contribution is 0.0466. The van der Waals surface area contributed by atoms with Gasteiger partial charge in [-0.15, -0.1) is 0 Å². The fourth-order valence-electron chi connectivity index (χ4n) is 2.74. The van der Waals surface area contributed by atoms with Crippen molar-refractivity contribution in [1.82, 2.24) is 4.57 Å². The van der Waals surface area contributed by atoms with Crippen LogP contribution in [0.15, 0.2) is 35.1 Å². The molecule has 1 aliphatic heterocycles. The van der Waals surface area contributed by atoms with Crippen LogP contribution in [-0.4, -0.2) is 36.9 Å². The molecule has 1 fully saturated rings. The van der Waals surface area contributed by atoms with Gasteiger partial charge < -0.3 is 19.9 Å². The van der Waals surface area contributed by atoms with Crippen molar-refractivity contribution in [3.05, 3.63) is 40.7 Å². The summed E-state index contributed by atoms with van der Waals surface area (Å²) in [5, 5.41) is 1.09. The molecule has 2 N–H and O–H groups in total. The van der Waals surface area contributed by atoms with E-state index in [-0.39, 0.29) is 11.7 Å². The van der Waals surface area contributed by atoms with Crippen LogP contribution in [0.2, 0.25) is 0 Å². The number of nitrogens with two attached hydrogens (primary N) is 1. The SMILES string of the molecule is Cn1c(=O)cc(N2CCOC(CN)C2)c2ccccc21. The van der Waals surface area contributed by atoms with Gasteiger partial charge >= 0.3 is 0 Å². The van der Waals surface area contributed by atoms with Crippen molar-refractivity contribution in [3.63, 3.8) is 0 Å². The van der Waals surface area contributed by atoms with Gasteiger partial charge in [-0.05, 0) is 6.07 Å². The average Bonchev–Trinajstić information content (AvgIpc) is 2.51. The third-order valence-corrected chi connectivity index (χ3v) is 3.87. The maximum absolute atomic E-state index is 12.1. The molecule has 1 unspecified atom stereocenters. The smallest absolute Gasteiger partial charge is 0.252 e. The van der Waals surface area contributed by atoms with E-state index in [9.17, 15) is 4.79 Å². The van der Waals surface area contributed by atoms with Crippen molar-refractivity contribution in [2.24, 2.45) is 12.8 Å². The first-order chi connectivity index (χ1) is 9.70. The van der Waals surface area contributed by atoms with E-state index in [1.54, 1.807) is 17.7 Å². The highest BCUT2D eigenvalue weighted by molar-refractivity contribution is 5.91. The van der Waals surface area contributed by atoms with Gasteiger partial charge in [0, 0.05) is 38.1 Å². The van der Waals surface area contributed by atoms with Crippen LogP contribution in [0.4, 0.5) is 5.69 Å². The van der Waals surface area contributed by atoms with Gasteiger partial charge in [0.15, 0.2) is 0 Å².